The van der Waals surface area contributed by atoms with Gasteiger partial charge in [-0.1, -0.05) is 18.2 Å². The molecule has 3 aromatic rings. The minimum absolute atomic E-state index is 0.0114. The second kappa shape index (κ2) is 5.84. The number of amides is 1. The first kappa shape index (κ1) is 15.6. The van der Waals surface area contributed by atoms with E-state index < -0.39 is 11.5 Å². The Kier molecular flexibility index (Phi) is 3.64. The number of nitrogens with zero attached hydrogens (tertiary/aromatic N) is 1. The molecule has 0 bridgehead atoms. The number of carbonyl (C=O) groups is 1. The van der Waals surface area contributed by atoms with Gasteiger partial charge in [0.15, 0.2) is 0 Å². The number of para-hydroxylation sites is 1. The zero-order chi connectivity index (χ0) is 17.6. The molecule has 1 aliphatic heterocycles. The van der Waals surface area contributed by atoms with Crippen molar-refractivity contribution in [3.8, 4) is 0 Å². The average Bonchev–Trinajstić information content (AvgIpc) is 2.60. The Labute approximate surface area is 143 Å². The minimum Gasteiger partial charge on any atom is -0.422 e. The van der Waals surface area contributed by atoms with Crippen LogP contribution in [0, 0.1) is 5.82 Å². The molecule has 1 atom stereocenters. The molecule has 0 N–H and O–H groups in total. The number of halogens is 1. The summed E-state index contributed by atoms with van der Waals surface area (Å²) in [5.74, 6) is -0.745. The maximum Gasteiger partial charge on any atom is 0.349 e. The minimum atomic E-state index is -0.662. The third-order valence-electron chi connectivity index (χ3n) is 4.66. The summed E-state index contributed by atoms with van der Waals surface area (Å²) in [6.45, 7) is 1.92. The van der Waals surface area contributed by atoms with Gasteiger partial charge in [-0.3, -0.25) is 4.79 Å². The Bertz CT molecular complexity index is 1040. The lowest BCUT2D eigenvalue weighted by atomic mass is 9.95. The second-order valence-electron chi connectivity index (χ2n) is 6.32. The maximum absolute atomic E-state index is 13.5. The van der Waals surface area contributed by atoms with Gasteiger partial charge in [0.25, 0.3) is 5.91 Å². The van der Waals surface area contributed by atoms with Gasteiger partial charge in [0, 0.05) is 17.1 Å². The molecule has 25 heavy (non-hydrogen) atoms. The lowest BCUT2D eigenvalue weighted by Crippen LogP contribution is -2.43. The zero-order valence-corrected chi connectivity index (χ0v) is 13.7. The molecule has 2 aromatic carbocycles. The first-order chi connectivity index (χ1) is 12.0. The Hall–Kier alpha value is -2.95. The van der Waals surface area contributed by atoms with Gasteiger partial charge in [0.1, 0.15) is 17.0 Å². The van der Waals surface area contributed by atoms with E-state index >= 15 is 0 Å². The van der Waals surface area contributed by atoms with E-state index in [1.54, 1.807) is 35.2 Å². The summed E-state index contributed by atoms with van der Waals surface area (Å²) >= 11 is 0. The van der Waals surface area contributed by atoms with Crippen LogP contribution in [0.2, 0.25) is 0 Å². The monoisotopic (exact) mass is 337 g/mol. The quantitative estimate of drug-likeness (QED) is 0.633. The first-order valence-corrected chi connectivity index (χ1v) is 8.19. The zero-order valence-electron chi connectivity index (χ0n) is 13.7. The first-order valence-electron chi connectivity index (χ1n) is 8.19. The van der Waals surface area contributed by atoms with Crippen LogP contribution >= 0.6 is 0 Å². The van der Waals surface area contributed by atoms with Crippen LogP contribution in [-0.4, -0.2) is 11.9 Å². The van der Waals surface area contributed by atoms with Gasteiger partial charge in [-0.15, -0.1) is 0 Å². The van der Waals surface area contributed by atoms with Gasteiger partial charge in [-0.05, 0) is 55.7 Å². The van der Waals surface area contributed by atoms with E-state index in [2.05, 4.69) is 0 Å². The van der Waals surface area contributed by atoms with Crippen molar-refractivity contribution in [1.29, 1.82) is 0 Å². The summed E-state index contributed by atoms with van der Waals surface area (Å²) < 4.78 is 18.8. The maximum atomic E-state index is 13.5. The van der Waals surface area contributed by atoms with Gasteiger partial charge >= 0.3 is 5.63 Å². The molecule has 0 radical (unpaired) electrons. The number of anilines is 1. The fourth-order valence-corrected chi connectivity index (χ4v) is 3.37. The molecule has 1 aromatic heterocycles. The van der Waals surface area contributed by atoms with Crippen molar-refractivity contribution in [3.63, 3.8) is 0 Å². The van der Waals surface area contributed by atoms with Crippen molar-refractivity contribution in [1.82, 2.24) is 0 Å². The molecule has 0 spiro atoms. The van der Waals surface area contributed by atoms with E-state index in [-0.39, 0.29) is 17.4 Å². The molecule has 1 unspecified atom stereocenters. The SMILES string of the molecule is CC1CCc2cc(F)ccc2N1C(=O)c1cc2ccccc2oc1=O. The van der Waals surface area contributed by atoms with E-state index in [0.29, 0.717) is 29.5 Å². The topological polar surface area (TPSA) is 50.5 Å². The van der Waals surface area contributed by atoms with Gasteiger partial charge in [-0.2, -0.15) is 0 Å². The molecule has 0 saturated carbocycles. The lowest BCUT2D eigenvalue weighted by Gasteiger charge is -2.35. The van der Waals surface area contributed by atoms with Crippen LogP contribution in [0.15, 0.2) is 57.7 Å². The largest absolute Gasteiger partial charge is 0.422 e. The molecule has 126 valence electrons. The van der Waals surface area contributed by atoms with Crippen LogP contribution in [0.25, 0.3) is 11.0 Å². The summed E-state index contributed by atoms with van der Waals surface area (Å²) in [6.07, 6.45) is 1.41. The molecule has 1 amide bonds. The molecule has 4 rings (SSSR count). The summed E-state index contributed by atoms with van der Waals surface area (Å²) in [5, 5.41) is 0.689. The number of carbonyl (C=O) groups excluding carboxylic acids is 1. The number of aryl methyl sites for hydroxylation is 1. The molecule has 0 saturated heterocycles. The number of hydrogen-bond acceptors (Lipinski definition) is 3. The number of fused-ring (bicyclic) bond motifs is 2. The summed E-state index contributed by atoms with van der Waals surface area (Å²) in [6, 6.07) is 12.9. The predicted octanol–water partition coefficient (Wildman–Crippen LogP) is 3.91. The van der Waals surface area contributed by atoms with E-state index in [9.17, 15) is 14.0 Å². The molecule has 5 heteroatoms. The molecule has 1 aliphatic rings. The molecule has 4 nitrogen and oxygen atoms in total. The average molecular weight is 337 g/mol. The third-order valence-corrected chi connectivity index (χ3v) is 4.66. The Morgan fingerprint density at radius 2 is 2.00 bits per heavy atom. The Morgan fingerprint density at radius 3 is 2.84 bits per heavy atom. The van der Waals surface area contributed by atoms with E-state index in [0.717, 1.165) is 5.56 Å². The van der Waals surface area contributed by atoms with Crippen molar-refractivity contribution in [2.24, 2.45) is 0 Å². The van der Waals surface area contributed by atoms with Crippen LogP contribution in [0.5, 0.6) is 0 Å². The van der Waals surface area contributed by atoms with Crippen molar-refractivity contribution in [2.75, 3.05) is 4.90 Å². The van der Waals surface area contributed by atoms with E-state index in [1.807, 2.05) is 13.0 Å². The summed E-state index contributed by atoms with van der Waals surface area (Å²) in [5.41, 5.74) is 1.19. The van der Waals surface area contributed by atoms with Gasteiger partial charge < -0.3 is 9.32 Å². The van der Waals surface area contributed by atoms with Crippen LogP contribution in [-0.2, 0) is 6.42 Å². The number of hydrogen-bond donors (Lipinski definition) is 0. The van der Waals surface area contributed by atoms with Crippen LogP contribution < -0.4 is 10.5 Å². The predicted molar refractivity (Wildman–Crippen MR) is 93.5 cm³/mol. The van der Waals surface area contributed by atoms with Gasteiger partial charge in [0.05, 0.1) is 0 Å². The van der Waals surface area contributed by atoms with Gasteiger partial charge in [-0.25, -0.2) is 9.18 Å². The highest BCUT2D eigenvalue weighted by Gasteiger charge is 2.31. The van der Waals surface area contributed by atoms with Crippen LogP contribution in [0.1, 0.15) is 29.3 Å². The summed E-state index contributed by atoms with van der Waals surface area (Å²) in [4.78, 5) is 27.0. The third kappa shape index (κ3) is 2.61. The fourth-order valence-electron chi connectivity index (χ4n) is 3.37. The fraction of sp³-hybridized carbons (Fsp3) is 0.200. The highest BCUT2D eigenvalue weighted by Crippen LogP contribution is 2.32. The van der Waals surface area contributed by atoms with Crippen molar-refractivity contribution >= 4 is 22.6 Å². The summed E-state index contributed by atoms with van der Waals surface area (Å²) in [7, 11) is 0. The van der Waals surface area contributed by atoms with Gasteiger partial charge in [0.2, 0.25) is 0 Å². The molecule has 0 aliphatic carbocycles. The molecular weight excluding hydrogens is 321 g/mol. The molecule has 0 fully saturated rings. The molecule has 2 heterocycles. The highest BCUT2D eigenvalue weighted by atomic mass is 19.1. The number of benzene rings is 2. The highest BCUT2D eigenvalue weighted by molar-refractivity contribution is 6.08. The second-order valence-corrected chi connectivity index (χ2v) is 6.32. The van der Waals surface area contributed by atoms with E-state index in [4.69, 9.17) is 4.42 Å². The van der Waals surface area contributed by atoms with Crippen LogP contribution in [0.3, 0.4) is 0 Å². The Morgan fingerprint density at radius 1 is 1.20 bits per heavy atom. The number of rotatable bonds is 1. The standard InChI is InChI=1S/C20H16FNO3/c1-12-6-7-13-10-15(21)8-9-17(13)22(12)19(23)16-11-14-4-2-3-5-18(14)25-20(16)24/h2-5,8-12H,6-7H2,1H3. The van der Waals surface area contributed by atoms with Crippen molar-refractivity contribution < 1.29 is 13.6 Å². The van der Waals surface area contributed by atoms with E-state index in [1.165, 1.54) is 12.1 Å². The van der Waals surface area contributed by atoms with Crippen molar-refractivity contribution in [3.05, 3.63) is 75.9 Å². The lowest BCUT2D eigenvalue weighted by molar-refractivity contribution is 0.0971. The van der Waals surface area contributed by atoms with Crippen molar-refractivity contribution in [2.45, 2.75) is 25.8 Å². The molecular formula is C20H16FNO3. The normalized spacial score (nSPS) is 16.7. The van der Waals surface area contributed by atoms with Crippen LogP contribution in [0.4, 0.5) is 10.1 Å². The Balaban J connectivity index is 1.84. The smallest absolute Gasteiger partial charge is 0.349 e.